The van der Waals surface area contributed by atoms with E-state index in [4.69, 9.17) is 0 Å². The Labute approximate surface area is 153 Å². The van der Waals surface area contributed by atoms with E-state index in [0.29, 0.717) is 11.5 Å². The van der Waals surface area contributed by atoms with Gasteiger partial charge in [-0.05, 0) is 55.6 Å². The SMILES string of the molecule is O=C(/C=C/C1CCN(Cc2ccccc2)CC1)c1ccc([N+](=O)[O-])cc1. The average molecular weight is 350 g/mol. The third-order valence-corrected chi connectivity index (χ3v) is 4.76. The van der Waals surface area contributed by atoms with Crippen LogP contribution in [0.5, 0.6) is 0 Å². The van der Waals surface area contributed by atoms with Crippen LogP contribution in [-0.4, -0.2) is 28.7 Å². The number of piperidine rings is 1. The van der Waals surface area contributed by atoms with E-state index in [-0.39, 0.29) is 11.5 Å². The van der Waals surface area contributed by atoms with Crippen LogP contribution in [-0.2, 0) is 6.54 Å². The number of hydrogen-bond donors (Lipinski definition) is 0. The standard InChI is InChI=1S/C21H22N2O3/c24-21(19-7-9-20(10-8-19)23(25)26)11-6-17-12-14-22(15-13-17)16-18-4-2-1-3-5-18/h1-11,17H,12-16H2/b11-6+. The van der Waals surface area contributed by atoms with Gasteiger partial charge in [0.15, 0.2) is 5.78 Å². The fourth-order valence-corrected chi connectivity index (χ4v) is 3.21. The second-order valence-electron chi connectivity index (χ2n) is 6.63. The average Bonchev–Trinajstić information content (AvgIpc) is 2.68. The maximum Gasteiger partial charge on any atom is 0.269 e. The highest BCUT2D eigenvalue weighted by atomic mass is 16.6. The molecule has 2 aromatic rings. The summed E-state index contributed by atoms with van der Waals surface area (Å²) in [6.45, 7) is 3.02. The first-order valence-electron chi connectivity index (χ1n) is 8.85. The Morgan fingerprint density at radius 3 is 2.35 bits per heavy atom. The van der Waals surface area contributed by atoms with E-state index in [1.54, 1.807) is 6.08 Å². The van der Waals surface area contributed by atoms with Crippen molar-refractivity contribution in [1.29, 1.82) is 0 Å². The molecule has 5 heteroatoms. The van der Waals surface area contributed by atoms with Gasteiger partial charge in [-0.2, -0.15) is 0 Å². The second kappa shape index (κ2) is 8.54. The fourth-order valence-electron chi connectivity index (χ4n) is 3.21. The van der Waals surface area contributed by atoms with Crippen molar-refractivity contribution in [3.63, 3.8) is 0 Å². The van der Waals surface area contributed by atoms with E-state index in [1.165, 1.54) is 29.8 Å². The lowest BCUT2D eigenvalue weighted by molar-refractivity contribution is -0.384. The van der Waals surface area contributed by atoms with E-state index in [9.17, 15) is 14.9 Å². The van der Waals surface area contributed by atoms with Gasteiger partial charge in [-0.15, -0.1) is 0 Å². The van der Waals surface area contributed by atoms with E-state index >= 15 is 0 Å². The van der Waals surface area contributed by atoms with Crippen LogP contribution in [0.15, 0.2) is 66.7 Å². The predicted molar refractivity (Wildman–Crippen MR) is 101 cm³/mol. The predicted octanol–water partition coefficient (Wildman–Crippen LogP) is 4.25. The Kier molecular flexibility index (Phi) is 5.92. The van der Waals surface area contributed by atoms with Crippen molar-refractivity contribution >= 4 is 11.5 Å². The lowest BCUT2D eigenvalue weighted by atomic mass is 9.95. The van der Waals surface area contributed by atoms with Crippen molar-refractivity contribution in [1.82, 2.24) is 4.90 Å². The van der Waals surface area contributed by atoms with Gasteiger partial charge in [0.1, 0.15) is 0 Å². The molecular weight excluding hydrogens is 328 g/mol. The third-order valence-electron chi connectivity index (χ3n) is 4.76. The van der Waals surface area contributed by atoms with Crippen LogP contribution in [0.2, 0.25) is 0 Å². The smallest absolute Gasteiger partial charge is 0.269 e. The minimum atomic E-state index is -0.465. The van der Waals surface area contributed by atoms with Crippen molar-refractivity contribution in [3.05, 3.63) is 88.0 Å². The van der Waals surface area contributed by atoms with Crippen LogP contribution in [0.3, 0.4) is 0 Å². The fraction of sp³-hybridized carbons (Fsp3) is 0.286. The molecule has 0 bridgehead atoms. The molecule has 0 unspecified atom stereocenters. The molecule has 0 radical (unpaired) electrons. The van der Waals surface area contributed by atoms with Gasteiger partial charge in [-0.25, -0.2) is 0 Å². The molecule has 134 valence electrons. The number of nitro groups is 1. The maximum absolute atomic E-state index is 12.2. The van der Waals surface area contributed by atoms with Crippen LogP contribution < -0.4 is 0 Å². The minimum absolute atomic E-state index is 0.00341. The van der Waals surface area contributed by atoms with Gasteiger partial charge in [-0.3, -0.25) is 19.8 Å². The van der Waals surface area contributed by atoms with Crippen LogP contribution >= 0.6 is 0 Å². The first-order chi connectivity index (χ1) is 12.6. The maximum atomic E-state index is 12.2. The van der Waals surface area contributed by atoms with E-state index in [2.05, 4.69) is 29.2 Å². The monoisotopic (exact) mass is 350 g/mol. The Morgan fingerprint density at radius 2 is 1.73 bits per heavy atom. The van der Waals surface area contributed by atoms with Gasteiger partial charge in [0.2, 0.25) is 0 Å². The van der Waals surface area contributed by atoms with Crippen molar-refractivity contribution in [3.8, 4) is 0 Å². The Hall–Kier alpha value is -2.79. The lowest BCUT2D eigenvalue weighted by Crippen LogP contribution is -2.32. The van der Waals surface area contributed by atoms with Crippen LogP contribution in [0.1, 0.15) is 28.8 Å². The molecule has 3 rings (SSSR count). The molecule has 1 heterocycles. The molecule has 1 fully saturated rings. The zero-order chi connectivity index (χ0) is 18.4. The summed E-state index contributed by atoms with van der Waals surface area (Å²) >= 11 is 0. The van der Waals surface area contributed by atoms with Crippen molar-refractivity contribution in [2.24, 2.45) is 5.92 Å². The molecule has 0 atom stereocenters. The van der Waals surface area contributed by atoms with Crippen molar-refractivity contribution < 1.29 is 9.72 Å². The summed E-state index contributed by atoms with van der Waals surface area (Å²) in [5.74, 6) is 0.302. The van der Waals surface area contributed by atoms with Gasteiger partial charge < -0.3 is 0 Å². The summed E-state index contributed by atoms with van der Waals surface area (Å²) in [5, 5.41) is 10.7. The second-order valence-corrected chi connectivity index (χ2v) is 6.63. The summed E-state index contributed by atoms with van der Waals surface area (Å²) in [6.07, 6.45) is 5.68. The molecule has 0 saturated carbocycles. The molecule has 0 aliphatic carbocycles. The van der Waals surface area contributed by atoms with E-state index in [1.807, 2.05) is 12.1 Å². The molecule has 0 aromatic heterocycles. The first kappa shape index (κ1) is 18.0. The van der Waals surface area contributed by atoms with E-state index in [0.717, 1.165) is 32.5 Å². The molecular formula is C21H22N2O3. The molecule has 1 aliphatic heterocycles. The van der Waals surface area contributed by atoms with Crippen molar-refractivity contribution in [2.45, 2.75) is 19.4 Å². The topological polar surface area (TPSA) is 63.5 Å². The highest BCUT2D eigenvalue weighted by molar-refractivity contribution is 6.04. The Balaban J connectivity index is 1.49. The van der Waals surface area contributed by atoms with Gasteiger partial charge in [0.25, 0.3) is 5.69 Å². The number of nitro benzene ring substituents is 1. The largest absolute Gasteiger partial charge is 0.299 e. The normalized spacial score (nSPS) is 16.0. The molecule has 1 aliphatic rings. The summed E-state index contributed by atoms with van der Waals surface area (Å²) in [4.78, 5) is 24.8. The zero-order valence-electron chi connectivity index (χ0n) is 14.6. The number of carbonyl (C=O) groups excluding carboxylic acids is 1. The number of nitrogens with zero attached hydrogens (tertiary/aromatic N) is 2. The number of likely N-dealkylation sites (tertiary alicyclic amines) is 1. The summed E-state index contributed by atoms with van der Waals surface area (Å²) < 4.78 is 0. The number of hydrogen-bond acceptors (Lipinski definition) is 4. The third kappa shape index (κ3) is 4.86. The van der Waals surface area contributed by atoms with Crippen LogP contribution in [0.4, 0.5) is 5.69 Å². The quantitative estimate of drug-likeness (QED) is 0.338. The van der Waals surface area contributed by atoms with Crippen molar-refractivity contribution in [2.75, 3.05) is 13.1 Å². The zero-order valence-corrected chi connectivity index (χ0v) is 14.6. The van der Waals surface area contributed by atoms with Gasteiger partial charge in [0.05, 0.1) is 4.92 Å². The van der Waals surface area contributed by atoms with Gasteiger partial charge >= 0.3 is 0 Å². The molecule has 2 aromatic carbocycles. The number of allylic oxidation sites excluding steroid dienone is 2. The summed E-state index contributed by atoms with van der Waals surface area (Å²) in [7, 11) is 0. The van der Waals surface area contributed by atoms with Gasteiger partial charge in [0, 0.05) is 24.2 Å². The van der Waals surface area contributed by atoms with E-state index < -0.39 is 4.92 Å². The Morgan fingerprint density at radius 1 is 1.08 bits per heavy atom. The Bertz CT molecular complexity index is 777. The number of rotatable bonds is 6. The number of non-ortho nitro benzene ring substituents is 1. The number of ketones is 1. The number of carbonyl (C=O) groups is 1. The summed E-state index contributed by atoms with van der Waals surface area (Å²) in [5.41, 5.74) is 1.81. The van der Waals surface area contributed by atoms with Gasteiger partial charge in [-0.1, -0.05) is 36.4 Å². The number of benzene rings is 2. The highest BCUT2D eigenvalue weighted by Gasteiger charge is 2.17. The lowest BCUT2D eigenvalue weighted by Gasteiger charge is -2.30. The molecule has 0 N–H and O–H groups in total. The molecule has 0 amide bonds. The summed E-state index contributed by atoms with van der Waals surface area (Å²) in [6, 6.07) is 16.2. The molecule has 1 saturated heterocycles. The van der Waals surface area contributed by atoms with Crippen LogP contribution in [0, 0.1) is 16.0 Å². The molecule has 0 spiro atoms. The minimum Gasteiger partial charge on any atom is -0.299 e. The molecule has 5 nitrogen and oxygen atoms in total. The molecule has 26 heavy (non-hydrogen) atoms. The highest BCUT2D eigenvalue weighted by Crippen LogP contribution is 2.20. The van der Waals surface area contributed by atoms with Crippen LogP contribution in [0.25, 0.3) is 0 Å². The first-order valence-corrected chi connectivity index (χ1v) is 8.85.